The first-order chi connectivity index (χ1) is 6.03. The van der Waals surface area contributed by atoms with Crippen molar-refractivity contribution in [1.29, 1.82) is 0 Å². The van der Waals surface area contributed by atoms with E-state index in [1.165, 1.54) is 0 Å². The van der Waals surface area contributed by atoms with Crippen LogP contribution in [0.15, 0.2) is 24.3 Å². The van der Waals surface area contributed by atoms with Crippen molar-refractivity contribution in [3.63, 3.8) is 0 Å². The number of hydrogen-bond donors (Lipinski definition) is 0. The van der Waals surface area contributed by atoms with Gasteiger partial charge in [0.1, 0.15) is 5.75 Å². The highest BCUT2D eigenvalue weighted by atomic mass is 16.5. The molecule has 0 aromatic heterocycles. The first-order valence-electron chi connectivity index (χ1n) is 4.18. The maximum Gasteiger partial charge on any atom is 0.228 e. The van der Waals surface area contributed by atoms with E-state index in [-0.39, 0.29) is 5.60 Å². The van der Waals surface area contributed by atoms with Gasteiger partial charge >= 0.3 is 0 Å². The van der Waals surface area contributed by atoms with Gasteiger partial charge in [-0.15, -0.1) is 0 Å². The lowest BCUT2D eigenvalue weighted by Gasteiger charge is -2.22. The van der Waals surface area contributed by atoms with Crippen molar-refractivity contribution in [3.8, 4) is 5.75 Å². The molecular formula is C11H13NO. The summed E-state index contributed by atoms with van der Waals surface area (Å²) in [6, 6.07) is 7.28. The van der Waals surface area contributed by atoms with Crippen molar-refractivity contribution in [2.45, 2.75) is 26.4 Å². The van der Waals surface area contributed by atoms with E-state index in [1.54, 1.807) is 6.07 Å². The van der Waals surface area contributed by atoms with E-state index >= 15 is 0 Å². The van der Waals surface area contributed by atoms with Gasteiger partial charge in [0.15, 0.2) is 0 Å². The molecule has 13 heavy (non-hydrogen) atoms. The monoisotopic (exact) mass is 175 g/mol. The number of nitrogens with zero attached hydrogens (tertiary/aromatic N) is 1. The Balaban J connectivity index is 2.96. The Morgan fingerprint density at radius 3 is 2.38 bits per heavy atom. The summed E-state index contributed by atoms with van der Waals surface area (Å²) in [7, 11) is 0. The summed E-state index contributed by atoms with van der Waals surface area (Å²) in [5.74, 6) is 0.657. The number of para-hydroxylation sites is 2. The van der Waals surface area contributed by atoms with Gasteiger partial charge in [0.2, 0.25) is 5.69 Å². The molecule has 0 saturated heterocycles. The molecule has 2 heteroatoms. The molecular weight excluding hydrogens is 162 g/mol. The van der Waals surface area contributed by atoms with Crippen LogP contribution >= 0.6 is 0 Å². The zero-order valence-corrected chi connectivity index (χ0v) is 8.16. The molecule has 0 saturated carbocycles. The Bertz CT molecular complexity index is 331. The Labute approximate surface area is 79.0 Å². The second kappa shape index (κ2) is 3.49. The standard InChI is InChI=1S/C11H13NO/c1-11(2,3)13-10-8-6-5-7-9(10)12-4/h5-8H,1-3H3. The third kappa shape index (κ3) is 2.79. The van der Waals surface area contributed by atoms with Crippen LogP contribution in [0.3, 0.4) is 0 Å². The molecule has 0 unspecified atom stereocenters. The van der Waals surface area contributed by atoms with Crippen molar-refractivity contribution in [3.05, 3.63) is 35.7 Å². The fourth-order valence-corrected chi connectivity index (χ4v) is 0.966. The Kier molecular flexibility index (Phi) is 2.57. The minimum absolute atomic E-state index is 0.249. The quantitative estimate of drug-likeness (QED) is 0.596. The highest BCUT2D eigenvalue weighted by Gasteiger charge is 2.13. The van der Waals surface area contributed by atoms with Crippen LogP contribution in [0.4, 0.5) is 5.69 Å². The lowest BCUT2D eigenvalue weighted by atomic mass is 10.2. The zero-order valence-electron chi connectivity index (χ0n) is 8.16. The first kappa shape index (κ1) is 9.60. The molecule has 0 amide bonds. The first-order valence-corrected chi connectivity index (χ1v) is 4.18. The molecule has 0 atom stereocenters. The maximum atomic E-state index is 6.94. The Morgan fingerprint density at radius 1 is 1.23 bits per heavy atom. The summed E-state index contributed by atoms with van der Waals surface area (Å²) < 4.78 is 5.61. The summed E-state index contributed by atoms with van der Waals surface area (Å²) in [6.07, 6.45) is 0. The van der Waals surface area contributed by atoms with Crippen molar-refractivity contribution in [2.24, 2.45) is 0 Å². The topological polar surface area (TPSA) is 13.6 Å². The third-order valence-electron chi connectivity index (χ3n) is 1.40. The number of rotatable bonds is 1. The molecule has 1 rings (SSSR count). The van der Waals surface area contributed by atoms with Gasteiger partial charge in [0, 0.05) is 0 Å². The molecule has 0 aliphatic carbocycles. The summed E-state index contributed by atoms with van der Waals surface area (Å²) in [6.45, 7) is 12.8. The molecule has 0 bridgehead atoms. The van der Waals surface area contributed by atoms with E-state index < -0.39 is 0 Å². The fraction of sp³-hybridized carbons (Fsp3) is 0.364. The summed E-state index contributed by atoms with van der Waals surface area (Å²) in [5, 5.41) is 0. The van der Waals surface area contributed by atoms with Crippen LogP contribution in [0.5, 0.6) is 5.75 Å². The predicted molar refractivity (Wildman–Crippen MR) is 53.1 cm³/mol. The van der Waals surface area contributed by atoms with Crippen molar-refractivity contribution < 1.29 is 4.74 Å². The SMILES string of the molecule is [C-]#[N+]c1ccccc1OC(C)(C)C. The van der Waals surface area contributed by atoms with Gasteiger partial charge in [-0.2, -0.15) is 0 Å². The largest absolute Gasteiger partial charge is 0.499 e. The van der Waals surface area contributed by atoms with Crippen molar-refractivity contribution in [2.75, 3.05) is 0 Å². The van der Waals surface area contributed by atoms with Gasteiger partial charge in [-0.3, -0.25) is 0 Å². The van der Waals surface area contributed by atoms with Gasteiger partial charge in [-0.25, -0.2) is 4.85 Å². The smallest absolute Gasteiger partial charge is 0.228 e. The van der Waals surface area contributed by atoms with E-state index in [9.17, 15) is 0 Å². The molecule has 68 valence electrons. The van der Waals surface area contributed by atoms with E-state index in [2.05, 4.69) is 4.85 Å². The van der Waals surface area contributed by atoms with Crippen LogP contribution in [0.1, 0.15) is 20.8 Å². The Morgan fingerprint density at radius 2 is 1.85 bits per heavy atom. The Hall–Kier alpha value is -1.49. The average Bonchev–Trinajstić information content (AvgIpc) is 2.02. The minimum atomic E-state index is -0.249. The lowest BCUT2D eigenvalue weighted by Crippen LogP contribution is -2.22. The number of ether oxygens (including phenoxy) is 1. The van der Waals surface area contributed by atoms with Gasteiger partial charge in [0.05, 0.1) is 12.2 Å². The third-order valence-corrected chi connectivity index (χ3v) is 1.40. The van der Waals surface area contributed by atoms with Gasteiger partial charge < -0.3 is 4.74 Å². The van der Waals surface area contributed by atoms with E-state index in [1.807, 2.05) is 39.0 Å². The fourth-order valence-electron chi connectivity index (χ4n) is 0.966. The molecule has 0 radical (unpaired) electrons. The second-order valence-corrected chi connectivity index (χ2v) is 3.79. The minimum Gasteiger partial charge on any atom is -0.499 e. The molecule has 0 heterocycles. The molecule has 0 fully saturated rings. The van der Waals surface area contributed by atoms with Crippen LogP contribution in [0.25, 0.3) is 4.85 Å². The van der Waals surface area contributed by atoms with Crippen molar-refractivity contribution >= 4 is 5.69 Å². The number of benzene rings is 1. The molecule has 1 aromatic carbocycles. The predicted octanol–water partition coefficient (Wildman–Crippen LogP) is 3.41. The van der Waals surface area contributed by atoms with E-state index in [0.717, 1.165) is 0 Å². The molecule has 1 aromatic rings. The van der Waals surface area contributed by atoms with Crippen molar-refractivity contribution in [1.82, 2.24) is 0 Å². The van der Waals surface area contributed by atoms with Crippen LogP contribution in [0.2, 0.25) is 0 Å². The average molecular weight is 175 g/mol. The highest BCUT2D eigenvalue weighted by Crippen LogP contribution is 2.29. The summed E-state index contributed by atoms with van der Waals surface area (Å²) >= 11 is 0. The zero-order chi connectivity index (χ0) is 9.90. The van der Waals surface area contributed by atoms with Gasteiger partial charge in [-0.1, -0.05) is 18.2 Å². The van der Waals surface area contributed by atoms with Gasteiger partial charge in [0.25, 0.3) is 0 Å². The molecule has 0 spiro atoms. The molecule has 0 N–H and O–H groups in total. The summed E-state index contributed by atoms with van der Waals surface area (Å²) in [5.41, 5.74) is 0.318. The van der Waals surface area contributed by atoms with Crippen LogP contribution in [0, 0.1) is 6.57 Å². The van der Waals surface area contributed by atoms with E-state index in [0.29, 0.717) is 11.4 Å². The van der Waals surface area contributed by atoms with Crippen LogP contribution in [-0.4, -0.2) is 5.60 Å². The molecule has 0 aliphatic heterocycles. The maximum absolute atomic E-state index is 6.94. The van der Waals surface area contributed by atoms with E-state index in [4.69, 9.17) is 11.3 Å². The lowest BCUT2D eigenvalue weighted by molar-refractivity contribution is 0.132. The summed E-state index contributed by atoms with van der Waals surface area (Å²) in [4.78, 5) is 3.38. The molecule has 0 aliphatic rings. The second-order valence-electron chi connectivity index (χ2n) is 3.79. The highest BCUT2D eigenvalue weighted by molar-refractivity contribution is 5.57. The van der Waals surface area contributed by atoms with Crippen LogP contribution in [-0.2, 0) is 0 Å². The molecule has 2 nitrogen and oxygen atoms in total. The van der Waals surface area contributed by atoms with Crippen LogP contribution < -0.4 is 4.74 Å². The van der Waals surface area contributed by atoms with Gasteiger partial charge in [-0.05, 0) is 26.8 Å². The number of hydrogen-bond acceptors (Lipinski definition) is 1. The normalized spacial score (nSPS) is 10.6.